The topological polar surface area (TPSA) is 98.5 Å². The van der Waals surface area contributed by atoms with Crippen LogP contribution in [0.5, 0.6) is 0 Å². The zero-order valence-corrected chi connectivity index (χ0v) is 25.4. The molecule has 2 aliphatic rings. The number of imidazole rings is 1. The number of hydrogen-bond acceptors (Lipinski definition) is 6. The van der Waals surface area contributed by atoms with Crippen molar-refractivity contribution in [2.45, 2.75) is 71.1 Å². The Kier molecular flexibility index (Phi) is 8.59. The molecule has 0 spiro atoms. The highest BCUT2D eigenvalue weighted by Crippen LogP contribution is 2.28. The highest BCUT2D eigenvalue weighted by atomic mass is 35.5. The van der Waals surface area contributed by atoms with E-state index in [1.54, 1.807) is 13.1 Å². The van der Waals surface area contributed by atoms with Crippen LogP contribution in [0.2, 0.25) is 5.02 Å². The predicted molar refractivity (Wildman–Crippen MR) is 166 cm³/mol. The number of nitrogens with zero attached hydrogens (tertiary/aromatic N) is 4. The summed E-state index contributed by atoms with van der Waals surface area (Å²) in [5.41, 5.74) is 2.10. The molecule has 1 aromatic carbocycles. The zero-order valence-electron chi connectivity index (χ0n) is 24.7. The number of amides is 1. The number of Topliss-reactive ketones (excluding diaryl/α,β-unsaturated/α-hetero) is 1. The molecular formula is C32H38ClN5O4. The number of anilines is 1. The van der Waals surface area contributed by atoms with E-state index in [1.165, 1.54) is 4.57 Å². The van der Waals surface area contributed by atoms with Gasteiger partial charge in [-0.3, -0.25) is 9.59 Å². The summed E-state index contributed by atoms with van der Waals surface area (Å²) in [6.07, 6.45) is 9.38. The average molecular weight is 592 g/mol. The molecule has 1 saturated heterocycles. The first-order valence-electron chi connectivity index (χ1n) is 14.5. The molecule has 1 atom stereocenters. The molecule has 0 bridgehead atoms. The molecule has 9 nitrogen and oxygen atoms in total. The summed E-state index contributed by atoms with van der Waals surface area (Å²) in [6, 6.07) is 9.09. The minimum Gasteiger partial charge on any atom is -0.444 e. The van der Waals surface area contributed by atoms with E-state index >= 15 is 0 Å². The Morgan fingerprint density at radius 1 is 1.19 bits per heavy atom. The lowest BCUT2D eigenvalue weighted by atomic mass is 10.0. The van der Waals surface area contributed by atoms with Crippen molar-refractivity contribution in [1.82, 2.24) is 19.4 Å². The van der Waals surface area contributed by atoms with E-state index < -0.39 is 11.7 Å². The first kappa shape index (κ1) is 29.6. The lowest BCUT2D eigenvalue weighted by Gasteiger charge is -2.34. The SMILES string of the molecule is Cn1c(C(=O)CC2=CCCC=C2)cc2nc(N3CCCC(NC(=O)OC(C)(C)C)C3)n(Cc3ccccc3Cl)c2c1=O. The number of ketones is 1. The van der Waals surface area contributed by atoms with Crippen LogP contribution in [0, 0.1) is 0 Å². The Labute approximate surface area is 250 Å². The number of benzene rings is 1. The number of rotatable bonds is 7. The maximum Gasteiger partial charge on any atom is 0.407 e. The second-order valence-corrected chi connectivity index (χ2v) is 12.4. The van der Waals surface area contributed by atoms with Gasteiger partial charge in [-0.05, 0) is 69.7 Å². The lowest BCUT2D eigenvalue weighted by Crippen LogP contribution is -2.49. The van der Waals surface area contributed by atoms with Gasteiger partial charge in [0, 0.05) is 37.6 Å². The van der Waals surface area contributed by atoms with Crippen LogP contribution in [0.25, 0.3) is 11.0 Å². The van der Waals surface area contributed by atoms with E-state index in [4.69, 9.17) is 21.3 Å². The van der Waals surface area contributed by atoms with E-state index in [1.807, 2.05) is 55.7 Å². The summed E-state index contributed by atoms with van der Waals surface area (Å²) in [4.78, 5) is 46.8. The molecule has 3 heterocycles. The van der Waals surface area contributed by atoms with Crippen LogP contribution in [0.4, 0.5) is 10.7 Å². The van der Waals surface area contributed by atoms with Gasteiger partial charge in [0.25, 0.3) is 5.56 Å². The quantitative estimate of drug-likeness (QED) is 0.350. The van der Waals surface area contributed by atoms with E-state index in [0.29, 0.717) is 47.3 Å². The highest BCUT2D eigenvalue weighted by Gasteiger charge is 2.29. The van der Waals surface area contributed by atoms with Crippen molar-refractivity contribution >= 4 is 40.5 Å². The number of ether oxygens (including phenoxy) is 1. The number of carbonyl (C=O) groups excluding carboxylic acids is 2. The van der Waals surface area contributed by atoms with Gasteiger partial charge in [0.1, 0.15) is 11.1 Å². The van der Waals surface area contributed by atoms with Crippen molar-refractivity contribution in [2.75, 3.05) is 18.0 Å². The van der Waals surface area contributed by atoms with Crippen LogP contribution < -0.4 is 15.8 Å². The van der Waals surface area contributed by atoms with Gasteiger partial charge >= 0.3 is 6.09 Å². The van der Waals surface area contributed by atoms with Gasteiger partial charge in [-0.1, -0.05) is 48.0 Å². The van der Waals surface area contributed by atoms with E-state index in [-0.39, 0.29) is 23.8 Å². The van der Waals surface area contributed by atoms with Crippen LogP contribution in [0.1, 0.15) is 68.9 Å². The Morgan fingerprint density at radius 3 is 2.69 bits per heavy atom. The van der Waals surface area contributed by atoms with Crippen LogP contribution in [-0.2, 0) is 18.3 Å². The Hall–Kier alpha value is -3.85. The number of nitrogens with one attached hydrogen (secondary N) is 1. The van der Waals surface area contributed by atoms with Gasteiger partial charge < -0.3 is 24.1 Å². The summed E-state index contributed by atoms with van der Waals surface area (Å²) in [5.74, 6) is 0.469. The van der Waals surface area contributed by atoms with Gasteiger partial charge in [-0.15, -0.1) is 0 Å². The minimum absolute atomic E-state index is 0.129. The number of pyridine rings is 1. The molecule has 10 heteroatoms. The van der Waals surface area contributed by atoms with Crippen LogP contribution >= 0.6 is 11.6 Å². The first-order chi connectivity index (χ1) is 20.0. The van der Waals surface area contributed by atoms with E-state index in [2.05, 4.69) is 22.4 Å². The fraction of sp³-hybridized carbons (Fsp3) is 0.438. The van der Waals surface area contributed by atoms with E-state index in [9.17, 15) is 14.4 Å². The number of halogens is 1. The molecule has 1 aliphatic heterocycles. The van der Waals surface area contributed by atoms with E-state index in [0.717, 1.165) is 36.8 Å². The molecule has 42 heavy (non-hydrogen) atoms. The minimum atomic E-state index is -0.597. The molecular weight excluding hydrogens is 554 g/mol. The molecule has 1 amide bonds. The zero-order chi connectivity index (χ0) is 30.0. The van der Waals surface area contributed by atoms with Crippen molar-refractivity contribution < 1.29 is 14.3 Å². The monoisotopic (exact) mass is 591 g/mol. The Bertz CT molecular complexity index is 1630. The summed E-state index contributed by atoms with van der Waals surface area (Å²) < 4.78 is 8.79. The molecule has 1 unspecified atom stereocenters. The Balaban J connectivity index is 1.53. The fourth-order valence-electron chi connectivity index (χ4n) is 5.56. The number of allylic oxidation sites excluding steroid dienone is 4. The molecule has 1 fully saturated rings. The molecule has 2 aromatic heterocycles. The first-order valence-corrected chi connectivity index (χ1v) is 14.8. The fourth-order valence-corrected chi connectivity index (χ4v) is 5.76. The smallest absolute Gasteiger partial charge is 0.407 e. The maximum atomic E-state index is 13.9. The number of aromatic nitrogens is 3. The van der Waals surface area contributed by atoms with Gasteiger partial charge in [0.15, 0.2) is 5.78 Å². The number of fused-ring (bicyclic) bond motifs is 1. The normalized spacial score (nSPS) is 17.3. The van der Waals surface area contributed by atoms with Crippen LogP contribution in [0.15, 0.2) is 58.9 Å². The Morgan fingerprint density at radius 2 is 1.98 bits per heavy atom. The third-order valence-corrected chi connectivity index (χ3v) is 7.92. The third-order valence-electron chi connectivity index (χ3n) is 7.55. The maximum absolute atomic E-state index is 13.9. The second kappa shape index (κ2) is 12.2. The van der Waals surface area contributed by atoms with Gasteiger partial charge in [-0.25, -0.2) is 9.78 Å². The molecule has 1 aliphatic carbocycles. The van der Waals surface area contributed by atoms with Crippen LogP contribution in [-0.4, -0.2) is 50.7 Å². The van der Waals surface area contributed by atoms with Crippen molar-refractivity contribution in [3.8, 4) is 0 Å². The summed E-state index contributed by atoms with van der Waals surface area (Å²) >= 11 is 6.55. The summed E-state index contributed by atoms with van der Waals surface area (Å²) in [6.45, 7) is 7.02. The van der Waals surface area contributed by atoms with Gasteiger partial charge in [0.05, 0.1) is 17.8 Å². The summed E-state index contributed by atoms with van der Waals surface area (Å²) in [5, 5.41) is 3.58. The number of alkyl carbamates (subject to hydrolysis) is 1. The number of piperidine rings is 1. The number of carbonyl (C=O) groups is 2. The molecule has 5 rings (SSSR count). The number of hydrogen-bond donors (Lipinski definition) is 1. The summed E-state index contributed by atoms with van der Waals surface area (Å²) in [7, 11) is 1.63. The van der Waals surface area contributed by atoms with Crippen molar-refractivity contribution in [3.05, 3.63) is 80.8 Å². The van der Waals surface area contributed by atoms with Crippen molar-refractivity contribution in [3.63, 3.8) is 0 Å². The van der Waals surface area contributed by atoms with Crippen molar-refractivity contribution in [2.24, 2.45) is 7.05 Å². The third kappa shape index (κ3) is 6.62. The van der Waals surface area contributed by atoms with Crippen LogP contribution in [0.3, 0.4) is 0 Å². The second-order valence-electron chi connectivity index (χ2n) is 12.0. The standard InChI is InChI=1S/C32H38ClN5O4/c1-32(2,3)42-31(41)34-23-14-10-16-37(20-23)30-35-25-18-26(27(39)17-21-11-6-5-7-12-21)36(4)29(40)28(25)38(30)19-22-13-8-9-15-24(22)33/h6,8-9,11-13,15,18,23H,5,7,10,14,16-17,19-20H2,1-4H3,(H,34,41). The molecule has 3 aromatic rings. The molecule has 0 radical (unpaired) electrons. The van der Waals surface area contributed by atoms with Gasteiger partial charge in [-0.2, -0.15) is 0 Å². The molecule has 222 valence electrons. The lowest BCUT2D eigenvalue weighted by molar-refractivity contribution is 0.0499. The van der Waals surface area contributed by atoms with Crippen molar-refractivity contribution in [1.29, 1.82) is 0 Å². The predicted octanol–water partition coefficient (Wildman–Crippen LogP) is 5.78. The largest absolute Gasteiger partial charge is 0.444 e. The highest BCUT2D eigenvalue weighted by molar-refractivity contribution is 6.31. The van der Waals surface area contributed by atoms with Gasteiger partial charge in [0.2, 0.25) is 5.95 Å². The average Bonchev–Trinajstić information content (AvgIpc) is 3.29. The molecule has 0 saturated carbocycles. The molecule has 1 N–H and O–H groups in total.